The van der Waals surface area contributed by atoms with Crippen molar-refractivity contribution in [3.8, 4) is 5.75 Å². The van der Waals surface area contributed by atoms with Gasteiger partial charge in [-0.05, 0) is 42.2 Å². The Morgan fingerprint density at radius 3 is 2.80 bits per heavy atom. The highest BCUT2D eigenvalue weighted by Crippen LogP contribution is 2.17. The highest BCUT2D eigenvalue weighted by Gasteiger charge is 2.15. The van der Waals surface area contributed by atoms with E-state index in [1.54, 1.807) is 12.4 Å². The molecule has 132 valence electrons. The fourth-order valence-corrected chi connectivity index (χ4v) is 2.64. The molecule has 6 heteroatoms. The third-order valence-electron chi connectivity index (χ3n) is 3.99. The van der Waals surface area contributed by atoms with Crippen LogP contribution < -0.4 is 15.4 Å². The zero-order chi connectivity index (χ0) is 17.3. The van der Waals surface area contributed by atoms with Gasteiger partial charge in [0.2, 0.25) is 0 Å². The van der Waals surface area contributed by atoms with Crippen LogP contribution in [0, 0.1) is 0 Å². The Morgan fingerprint density at radius 1 is 1.20 bits per heavy atom. The molecule has 0 aliphatic carbocycles. The Hall–Kier alpha value is -2.60. The minimum Gasteiger partial charge on any atom is -0.491 e. The number of carbonyl (C=O) groups excluding carboxylic acids is 1. The molecule has 25 heavy (non-hydrogen) atoms. The van der Waals surface area contributed by atoms with Gasteiger partial charge in [0.25, 0.3) is 0 Å². The average molecular weight is 341 g/mol. The number of hydrogen-bond acceptors (Lipinski definition) is 4. The van der Waals surface area contributed by atoms with Crippen LogP contribution in [0.15, 0.2) is 48.8 Å². The number of nitrogens with one attached hydrogen (secondary N) is 2. The van der Waals surface area contributed by atoms with Gasteiger partial charge in [-0.3, -0.25) is 4.98 Å². The van der Waals surface area contributed by atoms with Crippen molar-refractivity contribution in [3.63, 3.8) is 0 Å². The summed E-state index contributed by atoms with van der Waals surface area (Å²) in [6.45, 7) is 2.29. The lowest BCUT2D eigenvalue weighted by Crippen LogP contribution is -2.34. The summed E-state index contributed by atoms with van der Waals surface area (Å²) in [5.41, 5.74) is 1.95. The van der Waals surface area contributed by atoms with Gasteiger partial charge in [-0.1, -0.05) is 18.2 Å². The van der Waals surface area contributed by atoms with Crippen molar-refractivity contribution in [2.75, 3.05) is 13.2 Å². The zero-order valence-electron chi connectivity index (χ0n) is 14.1. The molecule has 0 saturated carbocycles. The van der Waals surface area contributed by atoms with E-state index < -0.39 is 0 Å². The SMILES string of the molecule is O=C(NCc1cccnc1)NCc1cccc(OC[C@@H]2CCCO2)c1. The molecular weight excluding hydrogens is 318 g/mol. The molecule has 0 unspecified atom stereocenters. The number of amides is 2. The summed E-state index contributed by atoms with van der Waals surface area (Å²) >= 11 is 0. The summed E-state index contributed by atoms with van der Waals surface area (Å²) in [7, 11) is 0. The third-order valence-corrected chi connectivity index (χ3v) is 3.99. The Labute approximate surface area is 147 Å². The fourth-order valence-electron chi connectivity index (χ4n) is 2.64. The average Bonchev–Trinajstić information content (AvgIpc) is 3.18. The maximum atomic E-state index is 11.9. The fraction of sp³-hybridized carbons (Fsp3) is 0.368. The summed E-state index contributed by atoms with van der Waals surface area (Å²) in [5.74, 6) is 0.797. The van der Waals surface area contributed by atoms with Crippen LogP contribution >= 0.6 is 0 Å². The molecule has 2 amide bonds. The number of rotatable bonds is 7. The van der Waals surface area contributed by atoms with E-state index in [2.05, 4.69) is 15.6 Å². The van der Waals surface area contributed by atoms with Crippen LogP contribution in [-0.2, 0) is 17.8 Å². The number of urea groups is 1. The normalized spacial score (nSPS) is 16.4. The molecule has 0 spiro atoms. The summed E-state index contributed by atoms with van der Waals surface area (Å²) in [4.78, 5) is 15.9. The predicted molar refractivity (Wildman–Crippen MR) is 94.2 cm³/mol. The van der Waals surface area contributed by atoms with E-state index in [-0.39, 0.29) is 12.1 Å². The maximum Gasteiger partial charge on any atom is 0.315 e. The van der Waals surface area contributed by atoms with Gasteiger partial charge < -0.3 is 20.1 Å². The van der Waals surface area contributed by atoms with Gasteiger partial charge in [0.05, 0.1) is 6.10 Å². The van der Waals surface area contributed by atoms with E-state index >= 15 is 0 Å². The lowest BCUT2D eigenvalue weighted by Gasteiger charge is -2.12. The van der Waals surface area contributed by atoms with Gasteiger partial charge in [0.1, 0.15) is 12.4 Å². The van der Waals surface area contributed by atoms with Crippen molar-refractivity contribution in [2.24, 2.45) is 0 Å². The van der Waals surface area contributed by atoms with E-state index in [1.807, 2.05) is 36.4 Å². The quantitative estimate of drug-likeness (QED) is 0.812. The molecule has 2 aromatic rings. The smallest absolute Gasteiger partial charge is 0.315 e. The molecule has 2 N–H and O–H groups in total. The zero-order valence-corrected chi connectivity index (χ0v) is 14.1. The van der Waals surface area contributed by atoms with E-state index in [0.29, 0.717) is 19.7 Å². The minimum absolute atomic E-state index is 0.194. The van der Waals surface area contributed by atoms with Crippen LogP contribution in [0.25, 0.3) is 0 Å². The van der Waals surface area contributed by atoms with Gasteiger partial charge in [-0.2, -0.15) is 0 Å². The summed E-state index contributed by atoms with van der Waals surface area (Å²) < 4.78 is 11.3. The molecule has 1 aromatic carbocycles. The van der Waals surface area contributed by atoms with Gasteiger partial charge in [0.15, 0.2) is 0 Å². The molecule has 1 aromatic heterocycles. The van der Waals surface area contributed by atoms with Crippen molar-refractivity contribution in [3.05, 3.63) is 59.9 Å². The third kappa shape index (κ3) is 5.76. The molecule has 1 saturated heterocycles. The number of benzene rings is 1. The standard InChI is InChI=1S/C19H23N3O3/c23-19(22-13-16-5-2-8-20-11-16)21-12-15-4-1-6-17(10-15)25-14-18-7-3-9-24-18/h1-2,4-6,8,10-11,18H,3,7,9,12-14H2,(H2,21,22,23)/t18-/m0/s1. The molecule has 0 bridgehead atoms. The largest absolute Gasteiger partial charge is 0.491 e. The van der Waals surface area contributed by atoms with Crippen molar-refractivity contribution in [2.45, 2.75) is 32.0 Å². The van der Waals surface area contributed by atoms with Crippen molar-refractivity contribution < 1.29 is 14.3 Å². The van der Waals surface area contributed by atoms with E-state index in [0.717, 1.165) is 36.3 Å². The second kappa shape index (κ2) is 9.03. The molecule has 0 radical (unpaired) electrons. The maximum absolute atomic E-state index is 11.9. The molecule has 2 heterocycles. The van der Waals surface area contributed by atoms with Gasteiger partial charge in [-0.15, -0.1) is 0 Å². The molecule has 1 aliphatic heterocycles. The first-order valence-corrected chi connectivity index (χ1v) is 8.53. The van der Waals surface area contributed by atoms with Crippen LogP contribution in [0.2, 0.25) is 0 Å². The molecule has 6 nitrogen and oxygen atoms in total. The first-order chi connectivity index (χ1) is 12.3. The van der Waals surface area contributed by atoms with Gasteiger partial charge in [-0.25, -0.2) is 4.79 Å². The van der Waals surface area contributed by atoms with Crippen molar-refractivity contribution in [1.82, 2.24) is 15.6 Å². The number of pyridine rings is 1. The van der Waals surface area contributed by atoms with E-state index in [4.69, 9.17) is 9.47 Å². The summed E-state index contributed by atoms with van der Waals surface area (Å²) in [6, 6.07) is 11.3. The molecule has 1 atom stereocenters. The van der Waals surface area contributed by atoms with Crippen LogP contribution in [0.4, 0.5) is 4.79 Å². The number of ether oxygens (including phenoxy) is 2. The van der Waals surface area contributed by atoms with Gasteiger partial charge >= 0.3 is 6.03 Å². The van der Waals surface area contributed by atoms with Gasteiger partial charge in [0, 0.05) is 32.1 Å². The van der Waals surface area contributed by atoms with Crippen LogP contribution in [-0.4, -0.2) is 30.3 Å². The lowest BCUT2D eigenvalue weighted by atomic mass is 10.2. The van der Waals surface area contributed by atoms with Crippen molar-refractivity contribution >= 4 is 6.03 Å². The second-order valence-corrected chi connectivity index (χ2v) is 5.99. The first kappa shape index (κ1) is 17.2. The van der Waals surface area contributed by atoms with Crippen LogP contribution in [0.5, 0.6) is 5.75 Å². The predicted octanol–water partition coefficient (Wildman–Crippen LogP) is 2.64. The first-order valence-electron chi connectivity index (χ1n) is 8.53. The molecule has 3 rings (SSSR count). The van der Waals surface area contributed by atoms with E-state index in [1.165, 1.54) is 0 Å². The number of nitrogens with zero attached hydrogens (tertiary/aromatic N) is 1. The lowest BCUT2D eigenvalue weighted by molar-refractivity contribution is 0.0679. The Kier molecular flexibility index (Phi) is 6.23. The molecule has 1 aliphatic rings. The molecular formula is C19H23N3O3. The second-order valence-electron chi connectivity index (χ2n) is 5.99. The Morgan fingerprint density at radius 2 is 2.04 bits per heavy atom. The molecule has 1 fully saturated rings. The van der Waals surface area contributed by atoms with E-state index in [9.17, 15) is 4.79 Å². The van der Waals surface area contributed by atoms with Crippen LogP contribution in [0.1, 0.15) is 24.0 Å². The minimum atomic E-state index is -0.213. The number of carbonyl (C=O) groups is 1. The Balaban J connectivity index is 1.41. The van der Waals surface area contributed by atoms with Crippen molar-refractivity contribution in [1.29, 1.82) is 0 Å². The Bertz CT molecular complexity index is 673. The topological polar surface area (TPSA) is 72.5 Å². The van der Waals surface area contributed by atoms with Crippen LogP contribution in [0.3, 0.4) is 0 Å². The number of hydrogen-bond donors (Lipinski definition) is 2. The summed E-state index contributed by atoms with van der Waals surface area (Å²) in [6.07, 6.45) is 5.79. The number of aromatic nitrogens is 1. The summed E-state index contributed by atoms with van der Waals surface area (Å²) in [5, 5.41) is 5.65. The highest BCUT2D eigenvalue weighted by atomic mass is 16.5. The monoisotopic (exact) mass is 341 g/mol. The highest BCUT2D eigenvalue weighted by molar-refractivity contribution is 5.73.